The van der Waals surface area contributed by atoms with Crippen LogP contribution in [0.1, 0.15) is 44.5 Å². The highest BCUT2D eigenvalue weighted by molar-refractivity contribution is 5.97. The fourth-order valence-electron chi connectivity index (χ4n) is 9.94. The van der Waals surface area contributed by atoms with Crippen LogP contribution in [-0.2, 0) is 10.8 Å². The van der Waals surface area contributed by atoms with Crippen molar-refractivity contribution >= 4 is 10.8 Å². The van der Waals surface area contributed by atoms with E-state index < -0.39 is 10.8 Å². The lowest BCUT2D eigenvalue weighted by molar-refractivity contribution is 0.435. The number of rotatable bonds is 5. The Kier molecular flexibility index (Phi) is 7.06. The molecule has 1 nitrogen and oxygen atoms in total. The van der Waals surface area contributed by atoms with Crippen LogP contribution in [0, 0.1) is 0 Å². The first kappa shape index (κ1) is 31.6. The van der Waals surface area contributed by atoms with Gasteiger partial charge >= 0.3 is 0 Å². The van der Waals surface area contributed by atoms with Gasteiger partial charge in [-0.1, -0.05) is 194 Å². The van der Waals surface area contributed by atoms with E-state index in [1.165, 1.54) is 60.8 Å². The third-order valence-electron chi connectivity index (χ3n) is 12.1. The lowest BCUT2D eigenvalue weighted by Crippen LogP contribution is -2.35. The zero-order valence-corrected chi connectivity index (χ0v) is 30.2. The molecule has 0 bridgehead atoms. The van der Waals surface area contributed by atoms with Crippen molar-refractivity contribution in [2.45, 2.75) is 10.8 Å². The summed E-state index contributed by atoms with van der Waals surface area (Å²) >= 11 is 0. The Bertz CT molecular complexity index is 2850. The Balaban J connectivity index is 1.30. The first-order valence-corrected chi connectivity index (χ1v) is 19.1. The van der Waals surface area contributed by atoms with Crippen LogP contribution in [0.3, 0.4) is 0 Å². The second-order valence-corrected chi connectivity index (χ2v) is 14.7. The smallest absolute Gasteiger partial charge is 0.132 e. The molecule has 1 unspecified atom stereocenters. The fourth-order valence-corrected chi connectivity index (χ4v) is 9.94. The normalized spacial score (nSPS) is 16.0. The van der Waals surface area contributed by atoms with Gasteiger partial charge in [0.2, 0.25) is 0 Å². The van der Waals surface area contributed by atoms with Crippen LogP contribution in [0.5, 0.6) is 11.5 Å². The number of para-hydroxylation sites is 1. The largest absolute Gasteiger partial charge is 0.457 e. The van der Waals surface area contributed by atoms with Gasteiger partial charge in [-0.05, 0) is 90.7 Å². The number of hydrogen-bond acceptors (Lipinski definition) is 1. The fraction of sp³-hybridized carbons (Fsp3) is 0.0370. The zero-order valence-electron chi connectivity index (χ0n) is 30.2. The highest BCUT2D eigenvalue weighted by atomic mass is 16.5. The van der Waals surface area contributed by atoms with Gasteiger partial charge in [0.15, 0.2) is 0 Å². The molecule has 1 heteroatoms. The minimum atomic E-state index is -0.669. The summed E-state index contributed by atoms with van der Waals surface area (Å²) in [6.07, 6.45) is 0. The molecular formula is C54H36O. The molecule has 9 aromatic carbocycles. The van der Waals surface area contributed by atoms with Crippen LogP contribution in [0.25, 0.3) is 33.0 Å². The van der Waals surface area contributed by atoms with E-state index in [2.05, 4.69) is 218 Å². The van der Waals surface area contributed by atoms with E-state index in [-0.39, 0.29) is 0 Å². The van der Waals surface area contributed by atoms with Crippen LogP contribution >= 0.6 is 0 Å². The first-order valence-electron chi connectivity index (χ1n) is 19.1. The van der Waals surface area contributed by atoms with Crippen molar-refractivity contribution in [3.63, 3.8) is 0 Å². The van der Waals surface area contributed by atoms with E-state index in [1.807, 2.05) is 0 Å². The summed E-state index contributed by atoms with van der Waals surface area (Å²) in [5.41, 5.74) is 13.4. The molecular weight excluding hydrogens is 665 g/mol. The highest BCUT2D eigenvalue weighted by Gasteiger charge is 2.50. The van der Waals surface area contributed by atoms with Gasteiger partial charge in [-0.25, -0.2) is 0 Å². The van der Waals surface area contributed by atoms with Gasteiger partial charge in [0.25, 0.3) is 0 Å². The maximum absolute atomic E-state index is 6.97. The van der Waals surface area contributed by atoms with E-state index in [4.69, 9.17) is 4.74 Å². The van der Waals surface area contributed by atoms with Crippen LogP contribution in [0.2, 0.25) is 0 Å². The molecule has 0 radical (unpaired) electrons. The molecule has 0 amide bonds. The summed E-state index contributed by atoms with van der Waals surface area (Å²) in [7, 11) is 0. The van der Waals surface area contributed by atoms with Crippen molar-refractivity contribution in [3.05, 3.63) is 263 Å². The number of ether oxygens (including phenoxy) is 1. The van der Waals surface area contributed by atoms with E-state index in [0.29, 0.717) is 0 Å². The van der Waals surface area contributed by atoms with Crippen molar-refractivity contribution in [3.8, 4) is 33.8 Å². The number of hydrogen-bond donors (Lipinski definition) is 0. The van der Waals surface area contributed by atoms with Crippen molar-refractivity contribution in [2.24, 2.45) is 0 Å². The van der Waals surface area contributed by atoms with Gasteiger partial charge in [0.05, 0.1) is 10.8 Å². The summed E-state index contributed by atoms with van der Waals surface area (Å²) in [5, 5.41) is 2.48. The van der Waals surface area contributed by atoms with Crippen molar-refractivity contribution < 1.29 is 4.74 Å². The highest BCUT2D eigenvalue weighted by Crippen LogP contribution is 2.61. The van der Waals surface area contributed by atoms with Gasteiger partial charge in [-0.2, -0.15) is 0 Å². The molecule has 2 aliphatic rings. The maximum Gasteiger partial charge on any atom is 0.132 e. The maximum atomic E-state index is 6.97. The molecule has 1 atom stereocenters. The van der Waals surface area contributed by atoms with E-state index in [9.17, 15) is 0 Å². The summed E-state index contributed by atoms with van der Waals surface area (Å²) < 4.78 is 6.97. The molecule has 0 spiro atoms. The minimum absolute atomic E-state index is 0.605. The molecule has 0 aromatic heterocycles. The van der Waals surface area contributed by atoms with Gasteiger partial charge in [0, 0.05) is 11.1 Å². The lowest BCUT2D eigenvalue weighted by Gasteiger charge is -2.43. The van der Waals surface area contributed by atoms with E-state index in [1.54, 1.807) is 0 Å². The predicted octanol–water partition coefficient (Wildman–Crippen LogP) is 13.4. The Labute approximate surface area is 321 Å². The van der Waals surface area contributed by atoms with Crippen molar-refractivity contribution in [2.75, 3.05) is 0 Å². The zero-order chi connectivity index (χ0) is 36.4. The second-order valence-electron chi connectivity index (χ2n) is 14.7. The summed E-state index contributed by atoms with van der Waals surface area (Å²) in [6.45, 7) is 0. The number of benzene rings is 9. The van der Waals surface area contributed by atoms with Crippen LogP contribution in [0.4, 0.5) is 0 Å². The molecule has 1 aliphatic heterocycles. The van der Waals surface area contributed by atoms with Crippen LogP contribution in [-0.4, -0.2) is 0 Å². The Morgan fingerprint density at radius 2 is 0.709 bits per heavy atom. The molecule has 258 valence electrons. The molecule has 55 heavy (non-hydrogen) atoms. The summed E-state index contributed by atoms with van der Waals surface area (Å²) in [4.78, 5) is 0. The third kappa shape index (κ3) is 4.41. The molecule has 9 aromatic rings. The Morgan fingerprint density at radius 1 is 0.273 bits per heavy atom. The molecule has 0 fully saturated rings. The Hall–Kier alpha value is -6.96. The lowest BCUT2D eigenvalue weighted by atomic mass is 9.61. The van der Waals surface area contributed by atoms with E-state index >= 15 is 0 Å². The van der Waals surface area contributed by atoms with Gasteiger partial charge in [0.1, 0.15) is 11.5 Å². The quantitative estimate of drug-likeness (QED) is 0.174. The predicted molar refractivity (Wildman–Crippen MR) is 225 cm³/mol. The van der Waals surface area contributed by atoms with E-state index in [0.717, 1.165) is 28.2 Å². The molecule has 11 rings (SSSR count). The molecule has 0 saturated carbocycles. The molecule has 1 heterocycles. The Morgan fingerprint density at radius 3 is 1.33 bits per heavy atom. The van der Waals surface area contributed by atoms with Crippen LogP contribution in [0.15, 0.2) is 218 Å². The van der Waals surface area contributed by atoms with Crippen molar-refractivity contribution in [1.82, 2.24) is 0 Å². The van der Waals surface area contributed by atoms with Gasteiger partial charge in [-0.3, -0.25) is 0 Å². The molecule has 0 N–H and O–H groups in total. The topological polar surface area (TPSA) is 9.23 Å². The SMILES string of the molecule is c1ccc(C2(c3ccccc3-c3cccc4c3C(c3ccccc3)(c3ccccc3)c3ccccc3O4)c3ccccc3-c3cc4ccccc4cc32)cc1. The monoisotopic (exact) mass is 700 g/mol. The average Bonchev–Trinajstić information content (AvgIpc) is 3.55. The number of fused-ring (bicyclic) bond motifs is 6. The van der Waals surface area contributed by atoms with Gasteiger partial charge in [-0.15, -0.1) is 0 Å². The molecule has 1 aliphatic carbocycles. The molecule has 0 saturated heterocycles. The average molecular weight is 701 g/mol. The van der Waals surface area contributed by atoms with Gasteiger partial charge < -0.3 is 4.74 Å². The van der Waals surface area contributed by atoms with Crippen molar-refractivity contribution in [1.29, 1.82) is 0 Å². The summed E-state index contributed by atoms with van der Waals surface area (Å²) in [5.74, 6) is 1.74. The van der Waals surface area contributed by atoms with Crippen LogP contribution < -0.4 is 4.74 Å². The first-order chi connectivity index (χ1) is 27.3. The second kappa shape index (κ2) is 12.3. The third-order valence-corrected chi connectivity index (χ3v) is 12.1. The standard InChI is InChI=1S/C54H36O/c1-4-21-39(22-5-1)53(40-23-6-2-7-24-40)48-32-16-17-33-50(48)55-51-34-18-29-44(52(51)53)42-27-12-14-30-46(42)54(41-25-8-3-9-26-41)47-31-15-13-28-43(47)45-35-37-19-10-11-20-38(37)36-49(45)54/h1-36H. The summed E-state index contributed by atoms with van der Waals surface area (Å²) in [6, 6.07) is 80.1. The minimum Gasteiger partial charge on any atom is -0.457 e.